The summed E-state index contributed by atoms with van der Waals surface area (Å²) in [6.45, 7) is 7.78. The number of carboxylic acid groups (broad SMARTS) is 2. The minimum absolute atomic E-state index is 0.280. The van der Waals surface area contributed by atoms with Crippen molar-refractivity contribution < 1.29 is 19.8 Å². The van der Waals surface area contributed by atoms with E-state index >= 15 is 0 Å². The normalized spacial score (nSPS) is 10.8. The lowest BCUT2D eigenvalue weighted by molar-refractivity contribution is -0.142. The molecule has 0 bridgehead atoms. The van der Waals surface area contributed by atoms with Gasteiger partial charge >= 0.3 is 11.9 Å². The van der Waals surface area contributed by atoms with Crippen molar-refractivity contribution in [1.82, 2.24) is 4.90 Å². The second kappa shape index (κ2) is 6.52. The molecule has 1 rings (SSSR count). The molecule has 0 unspecified atom stereocenters. The first kappa shape index (κ1) is 16.2. The molecule has 0 amide bonds. The van der Waals surface area contributed by atoms with E-state index in [2.05, 4.69) is 6.07 Å². The third-order valence-corrected chi connectivity index (χ3v) is 3.62. The van der Waals surface area contributed by atoms with Gasteiger partial charge < -0.3 is 10.2 Å². The van der Waals surface area contributed by atoms with Crippen molar-refractivity contribution in [3.63, 3.8) is 0 Å². The number of rotatable bonds is 6. The molecule has 0 spiro atoms. The predicted octanol–water partition coefficient (Wildman–Crippen LogP) is 1.89. The van der Waals surface area contributed by atoms with Gasteiger partial charge in [-0.25, -0.2) is 0 Å². The Morgan fingerprint density at radius 1 is 0.950 bits per heavy atom. The Bertz CT molecular complexity index is 521. The molecule has 0 fully saturated rings. The quantitative estimate of drug-likeness (QED) is 0.831. The Morgan fingerprint density at radius 2 is 1.45 bits per heavy atom. The molecule has 2 N–H and O–H groups in total. The van der Waals surface area contributed by atoms with E-state index in [0.717, 1.165) is 22.3 Å². The molecule has 0 radical (unpaired) electrons. The van der Waals surface area contributed by atoms with Gasteiger partial charge in [-0.05, 0) is 55.5 Å². The van der Waals surface area contributed by atoms with Gasteiger partial charge in [0, 0.05) is 6.54 Å². The van der Waals surface area contributed by atoms with Gasteiger partial charge in [-0.2, -0.15) is 0 Å². The number of carboxylic acids is 2. The van der Waals surface area contributed by atoms with Crippen LogP contribution in [0.2, 0.25) is 0 Å². The maximum Gasteiger partial charge on any atom is 0.317 e. The minimum Gasteiger partial charge on any atom is -0.480 e. The largest absolute Gasteiger partial charge is 0.480 e. The number of nitrogens with zero attached hydrogens (tertiary/aromatic N) is 1. The zero-order valence-electron chi connectivity index (χ0n) is 12.4. The molecule has 0 heterocycles. The van der Waals surface area contributed by atoms with Crippen molar-refractivity contribution in [3.8, 4) is 0 Å². The van der Waals surface area contributed by atoms with Crippen LogP contribution in [0.3, 0.4) is 0 Å². The van der Waals surface area contributed by atoms with E-state index in [0.29, 0.717) is 6.54 Å². The van der Waals surface area contributed by atoms with Crippen LogP contribution in [0.25, 0.3) is 0 Å². The Labute approximate surface area is 118 Å². The van der Waals surface area contributed by atoms with Crippen LogP contribution in [-0.4, -0.2) is 40.1 Å². The topological polar surface area (TPSA) is 77.8 Å². The van der Waals surface area contributed by atoms with Crippen molar-refractivity contribution in [3.05, 3.63) is 33.9 Å². The molecule has 0 aliphatic rings. The maximum atomic E-state index is 10.8. The average molecular weight is 279 g/mol. The first-order valence-corrected chi connectivity index (χ1v) is 6.44. The van der Waals surface area contributed by atoms with Crippen LogP contribution < -0.4 is 0 Å². The van der Waals surface area contributed by atoms with Gasteiger partial charge in [0.2, 0.25) is 0 Å². The van der Waals surface area contributed by atoms with E-state index in [1.54, 1.807) is 0 Å². The molecule has 1 aromatic carbocycles. The zero-order valence-corrected chi connectivity index (χ0v) is 12.4. The van der Waals surface area contributed by atoms with Crippen molar-refractivity contribution in [1.29, 1.82) is 0 Å². The SMILES string of the molecule is Cc1cc(C)c(CN(CC(=O)O)CC(=O)O)c(C)c1C. The monoisotopic (exact) mass is 279 g/mol. The summed E-state index contributed by atoms with van der Waals surface area (Å²) in [5.41, 5.74) is 5.52. The molecule has 0 saturated heterocycles. The third kappa shape index (κ3) is 4.06. The summed E-state index contributed by atoms with van der Waals surface area (Å²) in [6.07, 6.45) is 0. The van der Waals surface area contributed by atoms with E-state index in [4.69, 9.17) is 10.2 Å². The first-order chi connectivity index (χ1) is 9.22. The van der Waals surface area contributed by atoms with E-state index in [9.17, 15) is 9.59 Å². The van der Waals surface area contributed by atoms with Crippen LogP contribution in [0.4, 0.5) is 0 Å². The summed E-state index contributed by atoms with van der Waals surface area (Å²) in [5, 5.41) is 17.8. The summed E-state index contributed by atoms with van der Waals surface area (Å²) in [6, 6.07) is 2.05. The molecular weight excluding hydrogens is 258 g/mol. The molecular formula is C15H21NO4. The third-order valence-electron chi connectivity index (χ3n) is 3.62. The number of carbonyl (C=O) groups is 2. The van der Waals surface area contributed by atoms with E-state index in [1.807, 2.05) is 27.7 Å². The molecule has 20 heavy (non-hydrogen) atoms. The summed E-state index contributed by atoms with van der Waals surface area (Å²) < 4.78 is 0. The Morgan fingerprint density at radius 3 is 1.90 bits per heavy atom. The minimum atomic E-state index is -1.02. The van der Waals surface area contributed by atoms with Gasteiger partial charge in [-0.3, -0.25) is 14.5 Å². The number of aliphatic carboxylic acids is 2. The molecule has 0 saturated carbocycles. The highest BCUT2D eigenvalue weighted by molar-refractivity contribution is 5.72. The van der Waals surface area contributed by atoms with Gasteiger partial charge in [0.15, 0.2) is 0 Å². The van der Waals surface area contributed by atoms with Gasteiger partial charge in [-0.1, -0.05) is 6.07 Å². The highest BCUT2D eigenvalue weighted by Crippen LogP contribution is 2.22. The van der Waals surface area contributed by atoms with E-state index < -0.39 is 11.9 Å². The summed E-state index contributed by atoms with van der Waals surface area (Å²) >= 11 is 0. The maximum absolute atomic E-state index is 10.8. The van der Waals surface area contributed by atoms with Crippen LogP contribution in [0.1, 0.15) is 27.8 Å². The highest BCUT2D eigenvalue weighted by atomic mass is 16.4. The van der Waals surface area contributed by atoms with E-state index in [-0.39, 0.29) is 13.1 Å². The highest BCUT2D eigenvalue weighted by Gasteiger charge is 2.17. The van der Waals surface area contributed by atoms with E-state index in [1.165, 1.54) is 10.5 Å². The van der Waals surface area contributed by atoms with Gasteiger partial charge in [0.05, 0.1) is 13.1 Å². The second-order valence-corrected chi connectivity index (χ2v) is 5.17. The molecule has 0 aromatic heterocycles. The van der Waals surface area contributed by atoms with Crippen molar-refractivity contribution in [2.24, 2.45) is 0 Å². The zero-order chi connectivity index (χ0) is 15.4. The van der Waals surface area contributed by atoms with Gasteiger partial charge in [0.1, 0.15) is 0 Å². The molecule has 5 heteroatoms. The molecule has 0 aliphatic heterocycles. The predicted molar refractivity (Wildman–Crippen MR) is 75.9 cm³/mol. The fraction of sp³-hybridized carbons (Fsp3) is 0.467. The van der Waals surface area contributed by atoms with Crippen LogP contribution >= 0.6 is 0 Å². The van der Waals surface area contributed by atoms with Crippen LogP contribution in [0, 0.1) is 27.7 Å². The molecule has 1 aromatic rings. The lowest BCUT2D eigenvalue weighted by Gasteiger charge is -2.22. The summed E-state index contributed by atoms with van der Waals surface area (Å²) in [4.78, 5) is 23.1. The summed E-state index contributed by atoms with van der Waals surface area (Å²) in [7, 11) is 0. The Balaban J connectivity index is 3.07. The fourth-order valence-corrected chi connectivity index (χ4v) is 2.36. The lowest BCUT2D eigenvalue weighted by Crippen LogP contribution is -2.34. The fourth-order valence-electron chi connectivity index (χ4n) is 2.36. The number of hydrogen-bond donors (Lipinski definition) is 2. The smallest absolute Gasteiger partial charge is 0.317 e. The van der Waals surface area contributed by atoms with Crippen molar-refractivity contribution in [2.75, 3.05) is 13.1 Å². The number of aryl methyl sites for hydroxylation is 2. The molecule has 110 valence electrons. The number of benzene rings is 1. The average Bonchev–Trinajstić information content (AvgIpc) is 2.30. The molecule has 0 aliphatic carbocycles. The number of hydrogen-bond acceptors (Lipinski definition) is 3. The Kier molecular flexibility index (Phi) is 5.27. The lowest BCUT2D eigenvalue weighted by atomic mass is 9.94. The standard InChI is InChI=1S/C15H21NO4/c1-9-5-10(2)13(12(4)11(9)3)6-16(7-14(17)18)8-15(19)20/h5H,6-8H2,1-4H3,(H,17,18)(H,19,20). The van der Waals surface area contributed by atoms with Gasteiger partial charge in [-0.15, -0.1) is 0 Å². The van der Waals surface area contributed by atoms with Crippen molar-refractivity contribution >= 4 is 11.9 Å². The molecule has 0 atom stereocenters. The van der Waals surface area contributed by atoms with Crippen LogP contribution in [-0.2, 0) is 16.1 Å². The van der Waals surface area contributed by atoms with Gasteiger partial charge in [0.25, 0.3) is 0 Å². The molecule has 5 nitrogen and oxygen atoms in total. The summed E-state index contributed by atoms with van der Waals surface area (Å²) in [5.74, 6) is -2.05. The second-order valence-electron chi connectivity index (χ2n) is 5.17. The van der Waals surface area contributed by atoms with Crippen molar-refractivity contribution in [2.45, 2.75) is 34.2 Å². The first-order valence-electron chi connectivity index (χ1n) is 6.44. The Hall–Kier alpha value is -1.88. The van der Waals surface area contributed by atoms with Crippen LogP contribution in [0.15, 0.2) is 6.07 Å². The van der Waals surface area contributed by atoms with Crippen LogP contribution in [0.5, 0.6) is 0 Å².